The molecule has 2 unspecified atom stereocenters. The molecule has 1 amide bonds. The van der Waals surface area contributed by atoms with Gasteiger partial charge in [-0.3, -0.25) is 4.79 Å². The molecule has 0 radical (unpaired) electrons. The van der Waals surface area contributed by atoms with Crippen molar-refractivity contribution in [2.24, 2.45) is 5.92 Å². The number of nitrogens with one attached hydrogen (secondary N) is 1. The van der Waals surface area contributed by atoms with Crippen molar-refractivity contribution in [1.29, 1.82) is 0 Å². The van der Waals surface area contributed by atoms with Crippen LogP contribution >= 0.6 is 38.5 Å². The summed E-state index contributed by atoms with van der Waals surface area (Å²) in [5, 5.41) is 4.17. The van der Waals surface area contributed by atoms with Crippen molar-refractivity contribution in [1.82, 2.24) is 5.32 Å². The highest BCUT2D eigenvalue weighted by atomic mass is 127. The lowest BCUT2D eigenvalue weighted by atomic mass is 10.1. The van der Waals surface area contributed by atoms with Gasteiger partial charge in [-0.1, -0.05) is 34.5 Å². The Kier molecular flexibility index (Phi) is 5.06. The smallest absolute Gasteiger partial charge is 0.252 e. The molecule has 0 heterocycles. The summed E-state index contributed by atoms with van der Waals surface area (Å²) in [7, 11) is 0. The quantitative estimate of drug-likeness (QED) is 0.582. The highest BCUT2D eigenvalue weighted by Gasteiger charge is 2.28. The molecule has 1 aliphatic carbocycles. The van der Waals surface area contributed by atoms with Gasteiger partial charge < -0.3 is 5.32 Å². The Hall–Kier alpha value is -0.100. The van der Waals surface area contributed by atoms with Crippen molar-refractivity contribution in [2.75, 3.05) is 5.33 Å². The third kappa shape index (κ3) is 3.07. The third-order valence-electron chi connectivity index (χ3n) is 3.61. The predicted octanol–water partition coefficient (Wildman–Crippen LogP) is 3.89. The fourth-order valence-corrected chi connectivity index (χ4v) is 3.86. The number of carbonyl (C=O) groups excluding carboxylic acids is 1. The molecule has 1 aromatic rings. The Morgan fingerprint density at radius 1 is 1.50 bits per heavy atom. The lowest BCUT2D eigenvalue weighted by Gasteiger charge is -2.19. The van der Waals surface area contributed by atoms with E-state index in [9.17, 15) is 4.79 Å². The Bertz CT molecular complexity index is 449. The maximum atomic E-state index is 12.3. The number of hydrogen-bond acceptors (Lipinski definition) is 1. The van der Waals surface area contributed by atoms with Crippen LogP contribution < -0.4 is 5.32 Å². The first kappa shape index (κ1) is 14.3. The number of hydrogen-bond donors (Lipinski definition) is 1. The zero-order valence-corrected chi connectivity index (χ0v) is 14.1. The summed E-state index contributed by atoms with van der Waals surface area (Å²) in [5.41, 5.74) is 1.96. The van der Waals surface area contributed by atoms with E-state index in [1.165, 1.54) is 12.8 Å². The fourth-order valence-electron chi connectivity index (χ4n) is 2.48. The van der Waals surface area contributed by atoms with E-state index in [0.717, 1.165) is 26.4 Å². The summed E-state index contributed by atoms with van der Waals surface area (Å²) >= 11 is 5.79. The highest BCUT2D eigenvalue weighted by Crippen LogP contribution is 2.27. The largest absolute Gasteiger partial charge is 0.349 e. The van der Waals surface area contributed by atoms with E-state index in [1.807, 2.05) is 25.1 Å². The van der Waals surface area contributed by atoms with Crippen molar-refractivity contribution in [2.45, 2.75) is 32.2 Å². The molecule has 1 fully saturated rings. The molecule has 0 bridgehead atoms. The van der Waals surface area contributed by atoms with Crippen molar-refractivity contribution in [3.8, 4) is 0 Å². The van der Waals surface area contributed by atoms with Crippen LogP contribution in [0.3, 0.4) is 0 Å². The van der Waals surface area contributed by atoms with Crippen LogP contribution in [0.1, 0.15) is 35.2 Å². The average Bonchev–Trinajstić information content (AvgIpc) is 2.79. The van der Waals surface area contributed by atoms with Crippen LogP contribution in [0.2, 0.25) is 0 Å². The van der Waals surface area contributed by atoms with E-state index in [1.54, 1.807) is 0 Å². The number of halogens is 2. The number of rotatable bonds is 3. The standard InChI is InChI=1S/C14H17BrINO/c1-9-4-2-6-11(13(9)16)14(18)17-12-7-3-5-10(12)8-15/h2,4,6,10,12H,3,5,7-8H2,1H3,(H,17,18). The molecule has 98 valence electrons. The minimum atomic E-state index is 0.0703. The van der Waals surface area contributed by atoms with Crippen molar-refractivity contribution in [3.05, 3.63) is 32.9 Å². The molecule has 18 heavy (non-hydrogen) atoms. The van der Waals surface area contributed by atoms with Gasteiger partial charge in [-0.25, -0.2) is 0 Å². The SMILES string of the molecule is Cc1cccc(C(=O)NC2CCCC2CBr)c1I. The van der Waals surface area contributed by atoms with Crippen LogP contribution in [-0.2, 0) is 0 Å². The average molecular weight is 422 g/mol. The summed E-state index contributed by atoms with van der Waals surface area (Å²) in [5.74, 6) is 0.650. The van der Waals surface area contributed by atoms with Crippen LogP contribution in [-0.4, -0.2) is 17.3 Å². The maximum absolute atomic E-state index is 12.3. The Morgan fingerprint density at radius 2 is 2.28 bits per heavy atom. The zero-order chi connectivity index (χ0) is 13.1. The zero-order valence-electron chi connectivity index (χ0n) is 10.4. The van der Waals surface area contributed by atoms with Gasteiger partial charge in [0.15, 0.2) is 0 Å². The molecular weight excluding hydrogens is 405 g/mol. The molecule has 0 saturated heterocycles. The van der Waals surface area contributed by atoms with E-state index < -0.39 is 0 Å². The molecule has 1 aromatic carbocycles. The molecule has 1 aliphatic rings. The van der Waals surface area contributed by atoms with Crippen molar-refractivity contribution >= 4 is 44.4 Å². The van der Waals surface area contributed by atoms with Gasteiger partial charge in [-0.2, -0.15) is 0 Å². The number of alkyl halides is 1. The fraction of sp³-hybridized carbons (Fsp3) is 0.500. The predicted molar refractivity (Wildman–Crippen MR) is 86.3 cm³/mol. The van der Waals surface area contributed by atoms with E-state index in [4.69, 9.17) is 0 Å². The normalized spacial score (nSPS) is 23.1. The highest BCUT2D eigenvalue weighted by molar-refractivity contribution is 14.1. The number of carbonyl (C=O) groups is 1. The minimum absolute atomic E-state index is 0.0703. The first-order valence-electron chi connectivity index (χ1n) is 6.25. The van der Waals surface area contributed by atoms with E-state index in [-0.39, 0.29) is 5.91 Å². The maximum Gasteiger partial charge on any atom is 0.252 e. The number of amides is 1. The van der Waals surface area contributed by atoms with Gasteiger partial charge in [0.1, 0.15) is 0 Å². The van der Waals surface area contributed by atoms with Gasteiger partial charge in [0.2, 0.25) is 0 Å². The van der Waals surface area contributed by atoms with Crippen LogP contribution in [0.5, 0.6) is 0 Å². The number of benzene rings is 1. The molecule has 4 heteroatoms. The van der Waals surface area contributed by atoms with Crippen LogP contribution in [0.15, 0.2) is 18.2 Å². The molecule has 2 atom stereocenters. The first-order chi connectivity index (χ1) is 8.63. The molecular formula is C14H17BrINO. The second kappa shape index (κ2) is 6.37. The molecule has 2 nitrogen and oxygen atoms in total. The monoisotopic (exact) mass is 421 g/mol. The summed E-state index contributed by atoms with van der Waals surface area (Å²) < 4.78 is 1.06. The third-order valence-corrected chi connectivity index (χ3v) is 5.87. The summed E-state index contributed by atoms with van der Waals surface area (Å²) in [6, 6.07) is 6.22. The molecule has 1 N–H and O–H groups in total. The summed E-state index contributed by atoms with van der Waals surface area (Å²) in [6.45, 7) is 2.04. The molecule has 0 aliphatic heterocycles. The Morgan fingerprint density at radius 3 is 3.00 bits per heavy atom. The molecule has 1 saturated carbocycles. The Labute approximate surface area is 130 Å². The van der Waals surface area contributed by atoms with E-state index in [2.05, 4.69) is 43.8 Å². The van der Waals surface area contributed by atoms with Gasteiger partial charge in [0.05, 0.1) is 5.56 Å². The summed E-state index contributed by atoms with van der Waals surface area (Å²) in [4.78, 5) is 12.3. The molecule has 0 spiro atoms. The molecule has 0 aromatic heterocycles. The van der Waals surface area contributed by atoms with Gasteiger partial charge in [0.25, 0.3) is 5.91 Å². The number of aryl methyl sites for hydroxylation is 1. The van der Waals surface area contributed by atoms with E-state index in [0.29, 0.717) is 12.0 Å². The van der Waals surface area contributed by atoms with Crippen LogP contribution in [0, 0.1) is 16.4 Å². The van der Waals surface area contributed by atoms with Gasteiger partial charge in [-0.15, -0.1) is 0 Å². The van der Waals surface area contributed by atoms with Gasteiger partial charge in [-0.05, 0) is 59.9 Å². The topological polar surface area (TPSA) is 29.1 Å². The minimum Gasteiger partial charge on any atom is -0.349 e. The van der Waals surface area contributed by atoms with Crippen LogP contribution in [0.4, 0.5) is 0 Å². The van der Waals surface area contributed by atoms with Crippen molar-refractivity contribution in [3.63, 3.8) is 0 Å². The van der Waals surface area contributed by atoms with Gasteiger partial charge >= 0.3 is 0 Å². The Balaban J connectivity index is 2.10. The van der Waals surface area contributed by atoms with Crippen LogP contribution in [0.25, 0.3) is 0 Å². The van der Waals surface area contributed by atoms with Gasteiger partial charge in [0, 0.05) is 14.9 Å². The second-order valence-corrected chi connectivity index (χ2v) is 6.59. The second-order valence-electron chi connectivity index (χ2n) is 4.86. The lowest BCUT2D eigenvalue weighted by Crippen LogP contribution is -2.38. The summed E-state index contributed by atoms with van der Waals surface area (Å²) in [6.07, 6.45) is 3.53. The van der Waals surface area contributed by atoms with Crippen molar-refractivity contribution < 1.29 is 4.79 Å². The first-order valence-corrected chi connectivity index (χ1v) is 8.45. The van der Waals surface area contributed by atoms with E-state index >= 15 is 0 Å². The molecule has 2 rings (SSSR count). The lowest BCUT2D eigenvalue weighted by molar-refractivity contribution is 0.0929.